The van der Waals surface area contributed by atoms with Gasteiger partial charge in [0.15, 0.2) is 5.76 Å². The van der Waals surface area contributed by atoms with Crippen LogP contribution in [0, 0.1) is 6.92 Å². The third kappa shape index (κ3) is 4.57. The van der Waals surface area contributed by atoms with Gasteiger partial charge >= 0.3 is 0 Å². The van der Waals surface area contributed by atoms with E-state index in [1.165, 1.54) is 0 Å². The number of rotatable bonds is 8. The molecule has 2 rings (SSSR count). The van der Waals surface area contributed by atoms with Crippen molar-refractivity contribution in [3.05, 3.63) is 53.5 Å². The van der Waals surface area contributed by atoms with Crippen molar-refractivity contribution >= 4 is 16.7 Å². The van der Waals surface area contributed by atoms with E-state index < -0.39 is 10.8 Å². The highest BCUT2D eigenvalue weighted by Crippen LogP contribution is 2.18. The van der Waals surface area contributed by atoms with Crippen molar-refractivity contribution in [2.45, 2.75) is 44.3 Å². The molecule has 1 aromatic carbocycles. The molecule has 0 N–H and O–H groups in total. The van der Waals surface area contributed by atoms with Crippen LogP contribution in [0.3, 0.4) is 0 Å². The first kappa shape index (κ1) is 18.5. The molecule has 0 saturated carbocycles. The number of amides is 1. The van der Waals surface area contributed by atoms with Gasteiger partial charge in [0.05, 0.1) is 16.6 Å². The highest BCUT2D eigenvalue weighted by molar-refractivity contribution is 7.84. The van der Waals surface area contributed by atoms with Crippen molar-refractivity contribution in [1.82, 2.24) is 4.90 Å². The molecule has 0 aliphatic carbocycles. The molecule has 24 heavy (non-hydrogen) atoms. The molecule has 2 aromatic rings. The smallest absolute Gasteiger partial charge is 0.289 e. The minimum atomic E-state index is -1.18. The second-order valence-corrected chi connectivity index (χ2v) is 7.18. The van der Waals surface area contributed by atoms with E-state index >= 15 is 0 Å². The van der Waals surface area contributed by atoms with E-state index in [1.807, 2.05) is 38.1 Å². The lowest BCUT2D eigenvalue weighted by molar-refractivity contribution is 0.0729. The molecule has 0 spiro atoms. The molecule has 130 valence electrons. The third-order valence-electron chi connectivity index (χ3n) is 3.94. The minimum absolute atomic E-state index is 0.0983. The zero-order valence-electron chi connectivity index (χ0n) is 14.6. The van der Waals surface area contributed by atoms with Crippen LogP contribution in [0.5, 0.6) is 0 Å². The maximum atomic E-state index is 12.5. The maximum absolute atomic E-state index is 12.5. The van der Waals surface area contributed by atoms with Crippen LogP contribution in [0.15, 0.2) is 45.7 Å². The monoisotopic (exact) mass is 347 g/mol. The first-order valence-electron chi connectivity index (χ1n) is 8.38. The summed E-state index contributed by atoms with van der Waals surface area (Å²) in [5, 5.41) is 0. The molecule has 0 fully saturated rings. The molecular formula is C19H25NO3S. The number of hydrogen-bond acceptors (Lipinski definition) is 3. The topological polar surface area (TPSA) is 50.5 Å². The van der Waals surface area contributed by atoms with Gasteiger partial charge in [0.2, 0.25) is 0 Å². The lowest BCUT2D eigenvalue weighted by Gasteiger charge is -2.19. The molecule has 1 amide bonds. The summed E-state index contributed by atoms with van der Waals surface area (Å²) in [6, 6.07) is 11.0. The minimum Gasteiger partial charge on any atom is -0.455 e. The number of carbonyl (C=O) groups is 1. The van der Waals surface area contributed by atoms with Gasteiger partial charge in [-0.1, -0.05) is 31.5 Å². The van der Waals surface area contributed by atoms with Crippen molar-refractivity contribution in [2.75, 3.05) is 13.1 Å². The van der Waals surface area contributed by atoms with E-state index in [9.17, 15) is 9.00 Å². The number of unbranched alkanes of at least 4 members (excludes halogenated alkanes) is 1. The van der Waals surface area contributed by atoms with Crippen molar-refractivity contribution in [3.63, 3.8) is 0 Å². The number of carbonyl (C=O) groups excluding carboxylic acids is 1. The van der Waals surface area contributed by atoms with E-state index in [0.717, 1.165) is 29.8 Å². The molecule has 0 radical (unpaired) electrons. The van der Waals surface area contributed by atoms with Crippen LogP contribution >= 0.6 is 0 Å². The highest BCUT2D eigenvalue weighted by atomic mass is 32.2. The van der Waals surface area contributed by atoms with Crippen LogP contribution in [-0.2, 0) is 16.6 Å². The zero-order valence-corrected chi connectivity index (χ0v) is 15.4. The van der Waals surface area contributed by atoms with Crippen molar-refractivity contribution in [2.24, 2.45) is 0 Å². The summed E-state index contributed by atoms with van der Waals surface area (Å²) >= 11 is 0. The lowest BCUT2D eigenvalue weighted by atomic mass is 10.2. The van der Waals surface area contributed by atoms with Gasteiger partial charge in [-0.25, -0.2) is 0 Å². The maximum Gasteiger partial charge on any atom is 0.289 e. The summed E-state index contributed by atoms with van der Waals surface area (Å²) in [4.78, 5) is 15.0. The average Bonchev–Trinajstić information content (AvgIpc) is 3.04. The van der Waals surface area contributed by atoms with Crippen molar-refractivity contribution in [3.8, 4) is 0 Å². The van der Waals surface area contributed by atoms with E-state index in [2.05, 4.69) is 6.92 Å². The van der Waals surface area contributed by atoms with Gasteiger partial charge in [-0.2, -0.15) is 0 Å². The Morgan fingerprint density at radius 3 is 2.58 bits per heavy atom. The second-order valence-electron chi connectivity index (χ2n) is 5.76. The first-order chi connectivity index (χ1) is 11.6. The fourth-order valence-electron chi connectivity index (χ4n) is 2.50. The largest absolute Gasteiger partial charge is 0.455 e. The molecule has 4 nitrogen and oxygen atoms in total. The van der Waals surface area contributed by atoms with Crippen LogP contribution in [0.1, 0.15) is 48.6 Å². The zero-order chi connectivity index (χ0) is 17.5. The number of hydrogen-bond donors (Lipinski definition) is 0. The van der Waals surface area contributed by atoms with Crippen LogP contribution in [0.25, 0.3) is 0 Å². The summed E-state index contributed by atoms with van der Waals surface area (Å²) < 4.78 is 18.2. The fourth-order valence-corrected chi connectivity index (χ4v) is 3.72. The number of aryl methyl sites for hydroxylation is 1. The number of nitrogens with zero attached hydrogens (tertiary/aromatic N) is 1. The predicted molar refractivity (Wildman–Crippen MR) is 96.5 cm³/mol. The summed E-state index contributed by atoms with van der Waals surface area (Å²) in [6.07, 6.45) is 2.02. The fraction of sp³-hybridized carbons (Fsp3) is 0.421. The summed E-state index contributed by atoms with van der Waals surface area (Å²) in [5.74, 6) is 1.08. The Kier molecular flexibility index (Phi) is 6.79. The number of furan rings is 1. The molecule has 1 aromatic heterocycles. The Hall–Kier alpha value is -1.88. The molecule has 1 heterocycles. The van der Waals surface area contributed by atoms with Crippen LogP contribution in [-0.4, -0.2) is 28.1 Å². The lowest BCUT2D eigenvalue weighted by Crippen LogP contribution is -2.31. The molecule has 1 unspecified atom stereocenters. The Morgan fingerprint density at radius 2 is 1.92 bits per heavy atom. The molecule has 0 aliphatic rings. The van der Waals surface area contributed by atoms with Crippen molar-refractivity contribution in [1.29, 1.82) is 0 Å². The summed E-state index contributed by atoms with van der Waals surface area (Å²) in [5.41, 5.74) is 0.996. The average molecular weight is 347 g/mol. The first-order valence-corrected chi connectivity index (χ1v) is 9.70. The standard InChI is InChI=1S/C19H25NO3S/c1-4-6-13-20(5-2)19(21)17-12-11-16(23-17)14-24(22)18-10-8-7-9-15(18)3/h7-12H,4-6,13-14H2,1-3H3. The normalized spacial score (nSPS) is 12.1. The van der Waals surface area contributed by atoms with Gasteiger partial charge in [-0.3, -0.25) is 9.00 Å². The van der Waals surface area contributed by atoms with E-state index in [-0.39, 0.29) is 11.7 Å². The predicted octanol–water partition coefficient (Wildman–Crippen LogP) is 4.16. The quantitative estimate of drug-likeness (QED) is 0.720. The highest BCUT2D eigenvalue weighted by Gasteiger charge is 2.18. The Labute approximate surface area is 146 Å². The summed E-state index contributed by atoms with van der Waals surface area (Å²) in [7, 11) is -1.18. The van der Waals surface area contributed by atoms with E-state index in [4.69, 9.17) is 4.42 Å². The molecule has 0 saturated heterocycles. The van der Waals surface area contributed by atoms with Gasteiger partial charge in [0, 0.05) is 18.0 Å². The molecule has 5 heteroatoms. The number of benzene rings is 1. The molecular weight excluding hydrogens is 322 g/mol. The van der Waals surface area contributed by atoms with Gasteiger partial charge in [0.1, 0.15) is 5.76 Å². The summed E-state index contributed by atoms with van der Waals surface area (Å²) in [6.45, 7) is 7.40. The van der Waals surface area contributed by atoms with Gasteiger partial charge in [-0.05, 0) is 44.0 Å². The molecule has 1 atom stereocenters. The Morgan fingerprint density at radius 1 is 1.17 bits per heavy atom. The van der Waals surface area contributed by atoms with E-state index in [0.29, 0.717) is 18.1 Å². The van der Waals surface area contributed by atoms with Crippen molar-refractivity contribution < 1.29 is 13.4 Å². The second kappa shape index (κ2) is 8.83. The molecule has 0 bridgehead atoms. The molecule has 0 aliphatic heterocycles. The SMILES string of the molecule is CCCCN(CC)C(=O)c1ccc(CS(=O)c2ccccc2C)o1. The van der Waals surface area contributed by atoms with Crippen LogP contribution in [0.2, 0.25) is 0 Å². The third-order valence-corrected chi connectivity index (χ3v) is 5.43. The van der Waals surface area contributed by atoms with Gasteiger partial charge < -0.3 is 9.32 Å². The van der Waals surface area contributed by atoms with Crippen LogP contribution in [0.4, 0.5) is 0 Å². The van der Waals surface area contributed by atoms with Gasteiger partial charge in [-0.15, -0.1) is 0 Å². The Balaban J connectivity index is 2.06. The van der Waals surface area contributed by atoms with Gasteiger partial charge in [0.25, 0.3) is 5.91 Å². The van der Waals surface area contributed by atoms with E-state index in [1.54, 1.807) is 17.0 Å². The Bertz CT molecular complexity index is 708. The van der Waals surface area contributed by atoms with Crippen LogP contribution < -0.4 is 0 Å².